The van der Waals surface area contributed by atoms with E-state index in [1.165, 1.54) is 14.2 Å². The molecule has 7 nitrogen and oxygen atoms in total. The quantitative estimate of drug-likeness (QED) is 0.155. The van der Waals surface area contributed by atoms with Crippen LogP contribution in [0.15, 0.2) is 78.9 Å². The SMILES string of the molecule is C=C(C)C(=O)OCCCc1ccc(C(=O)OC)c(-c2ccc(Oc3ccccc3)cc2)c1C(=O)OC. The van der Waals surface area contributed by atoms with Crippen molar-refractivity contribution in [2.45, 2.75) is 19.8 Å². The van der Waals surface area contributed by atoms with Crippen molar-refractivity contribution >= 4 is 17.9 Å². The average molecular weight is 489 g/mol. The molecule has 0 saturated heterocycles. The first-order chi connectivity index (χ1) is 17.3. The molecular weight excluding hydrogens is 460 g/mol. The molecule has 0 radical (unpaired) electrons. The van der Waals surface area contributed by atoms with Crippen molar-refractivity contribution in [3.8, 4) is 22.6 Å². The second kappa shape index (κ2) is 12.4. The lowest BCUT2D eigenvalue weighted by Gasteiger charge is -2.17. The maximum atomic E-state index is 12.9. The number of hydrogen-bond acceptors (Lipinski definition) is 7. The minimum absolute atomic E-state index is 0.159. The van der Waals surface area contributed by atoms with Gasteiger partial charge in [0.25, 0.3) is 0 Å². The Kier molecular flexibility index (Phi) is 9.00. The predicted octanol–water partition coefficient (Wildman–Crippen LogP) is 5.77. The lowest BCUT2D eigenvalue weighted by atomic mass is 9.89. The van der Waals surface area contributed by atoms with Gasteiger partial charge in [-0.05, 0) is 61.2 Å². The highest BCUT2D eigenvalue weighted by molar-refractivity contribution is 6.07. The van der Waals surface area contributed by atoms with Crippen LogP contribution < -0.4 is 4.74 Å². The van der Waals surface area contributed by atoms with Gasteiger partial charge in [0.05, 0.1) is 32.0 Å². The molecule has 186 valence electrons. The Bertz CT molecular complexity index is 1240. The molecule has 0 aliphatic carbocycles. The van der Waals surface area contributed by atoms with E-state index in [0.717, 1.165) is 0 Å². The lowest BCUT2D eigenvalue weighted by molar-refractivity contribution is -0.139. The monoisotopic (exact) mass is 488 g/mol. The highest BCUT2D eigenvalue weighted by atomic mass is 16.5. The van der Waals surface area contributed by atoms with Crippen molar-refractivity contribution in [3.63, 3.8) is 0 Å². The topological polar surface area (TPSA) is 88.1 Å². The minimum atomic E-state index is -0.589. The molecule has 0 aliphatic heterocycles. The van der Waals surface area contributed by atoms with Crippen LogP contribution in [0.25, 0.3) is 11.1 Å². The van der Waals surface area contributed by atoms with Crippen molar-refractivity contribution in [2.24, 2.45) is 0 Å². The van der Waals surface area contributed by atoms with E-state index in [9.17, 15) is 14.4 Å². The first kappa shape index (κ1) is 26.2. The van der Waals surface area contributed by atoms with Gasteiger partial charge in [-0.3, -0.25) is 0 Å². The summed E-state index contributed by atoms with van der Waals surface area (Å²) < 4.78 is 21.1. The lowest BCUT2D eigenvalue weighted by Crippen LogP contribution is -2.14. The molecule has 0 bridgehead atoms. The summed E-state index contributed by atoms with van der Waals surface area (Å²) in [4.78, 5) is 37.2. The summed E-state index contributed by atoms with van der Waals surface area (Å²) in [7, 11) is 2.57. The average Bonchev–Trinajstić information content (AvgIpc) is 2.90. The Labute approximate surface area is 210 Å². The van der Waals surface area contributed by atoms with Crippen molar-refractivity contribution in [1.29, 1.82) is 0 Å². The van der Waals surface area contributed by atoms with Gasteiger partial charge in [-0.25, -0.2) is 14.4 Å². The Hall–Kier alpha value is -4.39. The number of rotatable bonds is 10. The van der Waals surface area contributed by atoms with Crippen LogP contribution in [0.1, 0.15) is 39.6 Å². The van der Waals surface area contributed by atoms with Crippen LogP contribution in [0.3, 0.4) is 0 Å². The molecule has 0 amide bonds. The van der Waals surface area contributed by atoms with E-state index < -0.39 is 17.9 Å². The zero-order valence-corrected chi connectivity index (χ0v) is 20.5. The van der Waals surface area contributed by atoms with Crippen LogP contribution >= 0.6 is 0 Å². The summed E-state index contributed by atoms with van der Waals surface area (Å²) >= 11 is 0. The van der Waals surface area contributed by atoms with Crippen LogP contribution in [-0.2, 0) is 25.4 Å². The number of para-hydroxylation sites is 1. The van der Waals surface area contributed by atoms with E-state index in [4.69, 9.17) is 18.9 Å². The second-order valence-corrected chi connectivity index (χ2v) is 7.96. The molecule has 7 heteroatoms. The van der Waals surface area contributed by atoms with Crippen LogP contribution in [0.4, 0.5) is 0 Å². The molecular formula is C29H28O7. The number of hydrogen-bond donors (Lipinski definition) is 0. The maximum Gasteiger partial charge on any atom is 0.338 e. The zero-order chi connectivity index (χ0) is 26.1. The van der Waals surface area contributed by atoms with Gasteiger partial charge < -0.3 is 18.9 Å². The molecule has 0 spiro atoms. The van der Waals surface area contributed by atoms with Crippen LogP contribution in [0, 0.1) is 0 Å². The largest absolute Gasteiger partial charge is 0.465 e. The zero-order valence-electron chi connectivity index (χ0n) is 20.5. The summed E-state index contributed by atoms with van der Waals surface area (Å²) in [5.74, 6) is -0.358. The molecule has 0 heterocycles. The minimum Gasteiger partial charge on any atom is -0.465 e. The van der Waals surface area contributed by atoms with Gasteiger partial charge in [-0.1, -0.05) is 43.0 Å². The third-order valence-electron chi connectivity index (χ3n) is 5.38. The molecule has 0 unspecified atom stereocenters. The van der Waals surface area contributed by atoms with Gasteiger partial charge in [0.1, 0.15) is 11.5 Å². The van der Waals surface area contributed by atoms with E-state index in [2.05, 4.69) is 6.58 Å². The molecule has 0 saturated carbocycles. The summed E-state index contributed by atoms with van der Waals surface area (Å²) in [5.41, 5.74) is 2.47. The summed E-state index contributed by atoms with van der Waals surface area (Å²) in [6.45, 7) is 5.29. The number of benzene rings is 3. The van der Waals surface area contributed by atoms with Gasteiger partial charge in [0, 0.05) is 11.1 Å². The van der Waals surface area contributed by atoms with E-state index in [0.29, 0.717) is 46.6 Å². The Morgan fingerprint density at radius 3 is 2.06 bits per heavy atom. The highest BCUT2D eigenvalue weighted by Gasteiger charge is 2.25. The number of methoxy groups -OCH3 is 2. The number of aryl methyl sites for hydroxylation is 1. The number of carbonyl (C=O) groups is 3. The number of carbonyl (C=O) groups excluding carboxylic acids is 3. The molecule has 0 aliphatic rings. The van der Waals surface area contributed by atoms with Crippen molar-refractivity contribution in [2.75, 3.05) is 20.8 Å². The van der Waals surface area contributed by atoms with Gasteiger partial charge in [-0.15, -0.1) is 0 Å². The second-order valence-electron chi connectivity index (χ2n) is 7.96. The maximum absolute atomic E-state index is 12.9. The third kappa shape index (κ3) is 6.39. The van der Waals surface area contributed by atoms with Crippen LogP contribution in [-0.4, -0.2) is 38.7 Å². The van der Waals surface area contributed by atoms with Crippen molar-refractivity contribution < 1.29 is 33.3 Å². The molecule has 0 fully saturated rings. The highest BCUT2D eigenvalue weighted by Crippen LogP contribution is 2.34. The fraction of sp³-hybridized carbons (Fsp3) is 0.207. The molecule has 0 atom stereocenters. The molecule has 3 aromatic carbocycles. The van der Waals surface area contributed by atoms with Gasteiger partial charge in [0.2, 0.25) is 0 Å². The predicted molar refractivity (Wildman–Crippen MR) is 135 cm³/mol. The molecule has 3 aromatic rings. The molecule has 36 heavy (non-hydrogen) atoms. The van der Waals surface area contributed by atoms with E-state index >= 15 is 0 Å². The summed E-state index contributed by atoms with van der Waals surface area (Å²) in [6.07, 6.45) is 0.876. The Morgan fingerprint density at radius 2 is 1.44 bits per heavy atom. The molecule has 3 rings (SSSR count). The van der Waals surface area contributed by atoms with E-state index in [-0.39, 0.29) is 17.7 Å². The summed E-state index contributed by atoms with van der Waals surface area (Å²) in [6, 6.07) is 19.7. The first-order valence-electron chi connectivity index (χ1n) is 11.3. The Morgan fingerprint density at radius 1 is 0.806 bits per heavy atom. The van der Waals surface area contributed by atoms with Gasteiger partial charge >= 0.3 is 17.9 Å². The van der Waals surface area contributed by atoms with Crippen LogP contribution in [0.5, 0.6) is 11.5 Å². The van der Waals surface area contributed by atoms with Gasteiger partial charge in [-0.2, -0.15) is 0 Å². The van der Waals surface area contributed by atoms with Gasteiger partial charge in [0.15, 0.2) is 0 Å². The van der Waals surface area contributed by atoms with Crippen molar-refractivity contribution in [3.05, 3.63) is 95.6 Å². The fourth-order valence-corrected chi connectivity index (χ4v) is 3.63. The number of esters is 3. The third-order valence-corrected chi connectivity index (χ3v) is 5.38. The smallest absolute Gasteiger partial charge is 0.338 e. The molecule has 0 aromatic heterocycles. The summed E-state index contributed by atoms with van der Waals surface area (Å²) in [5, 5.41) is 0. The van der Waals surface area contributed by atoms with E-state index in [1.54, 1.807) is 43.3 Å². The fourth-order valence-electron chi connectivity index (χ4n) is 3.63. The first-order valence-corrected chi connectivity index (χ1v) is 11.3. The Balaban J connectivity index is 1.98. The van der Waals surface area contributed by atoms with Crippen molar-refractivity contribution in [1.82, 2.24) is 0 Å². The van der Waals surface area contributed by atoms with E-state index in [1.807, 2.05) is 30.3 Å². The normalized spacial score (nSPS) is 10.3. The standard InChI is InChI=1S/C29H28O7/c1-19(2)27(30)35-18-8-9-20-14-17-24(28(31)33-3)25(26(20)29(32)34-4)21-12-15-23(16-13-21)36-22-10-6-5-7-11-22/h5-7,10-17H,1,8-9,18H2,2-4H3. The van der Waals surface area contributed by atoms with Crippen LogP contribution in [0.2, 0.25) is 0 Å². The number of ether oxygens (including phenoxy) is 4. The molecule has 0 N–H and O–H groups in total.